The van der Waals surface area contributed by atoms with E-state index in [1.807, 2.05) is 12.3 Å². The van der Waals surface area contributed by atoms with Crippen molar-refractivity contribution < 1.29 is 4.79 Å². The number of rotatable bonds is 3. The normalized spacial score (nSPS) is 18.0. The monoisotopic (exact) mass is 442 g/mol. The fraction of sp³-hybridized carbons (Fsp3) is 0.400. The summed E-state index contributed by atoms with van der Waals surface area (Å²) in [5.74, 6) is 1.68. The fourth-order valence-corrected chi connectivity index (χ4v) is 4.82. The number of nitrogens with zero attached hydrogens (tertiary/aromatic N) is 2. The summed E-state index contributed by atoms with van der Waals surface area (Å²) in [6.45, 7) is 0. The summed E-state index contributed by atoms with van der Waals surface area (Å²) in [7, 11) is 0. The van der Waals surface area contributed by atoms with E-state index in [1.165, 1.54) is 23.0 Å². The van der Waals surface area contributed by atoms with Crippen molar-refractivity contribution in [2.75, 3.05) is 5.32 Å². The second-order valence-corrected chi connectivity index (χ2v) is 9.62. The van der Waals surface area contributed by atoms with Crippen LogP contribution < -0.4 is 16.4 Å². The van der Waals surface area contributed by atoms with Gasteiger partial charge >= 0.3 is 0 Å². The summed E-state index contributed by atoms with van der Waals surface area (Å²) in [6, 6.07) is 5.74. The number of H-pyrrole nitrogens is 1. The maximum absolute atomic E-state index is 13.2. The molecule has 0 unspecified atom stereocenters. The number of fused-ring (bicyclic) bond motifs is 3. The van der Waals surface area contributed by atoms with E-state index in [2.05, 4.69) is 21.4 Å². The summed E-state index contributed by atoms with van der Waals surface area (Å²) in [5.41, 5.74) is 3.92. The van der Waals surface area contributed by atoms with Crippen molar-refractivity contribution in [2.45, 2.75) is 57.3 Å². The molecule has 2 saturated carbocycles. The van der Waals surface area contributed by atoms with Crippen LogP contribution in [0.2, 0.25) is 0 Å². The quantitative estimate of drug-likeness (QED) is 0.366. The minimum absolute atomic E-state index is 0.246. The molecule has 33 heavy (non-hydrogen) atoms. The number of aryl methyl sites for hydroxylation is 2. The third kappa shape index (κ3) is 3.69. The number of amides is 1. The lowest BCUT2D eigenvalue weighted by molar-refractivity contribution is 0.102. The van der Waals surface area contributed by atoms with Crippen LogP contribution in [0, 0.1) is 16.7 Å². The van der Waals surface area contributed by atoms with Crippen LogP contribution in [0.4, 0.5) is 5.82 Å². The first-order valence-electron chi connectivity index (χ1n) is 11.7. The van der Waals surface area contributed by atoms with E-state index in [0.717, 1.165) is 36.8 Å². The Hall–Kier alpha value is -3.55. The van der Waals surface area contributed by atoms with Gasteiger partial charge in [-0.3, -0.25) is 25.0 Å². The summed E-state index contributed by atoms with van der Waals surface area (Å²) in [4.78, 5) is 33.0. The zero-order valence-electron chi connectivity index (χ0n) is 18.3. The Kier molecular flexibility index (Phi) is 4.57. The SMILES string of the molecule is N=C(CC1CC1)n1c(=N)c(=O)[nH]c2cc3c(cc21)CCCc1cc(C2CC2)cnc1NC3=O. The van der Waals surface area contributed by atoms with E-state index < -0.39 is 5.56 Å². The van der Waals surface area contributed by atoms with Crippen LogP contribution in [0.15, 0.2) is 29.2 Å². The molecule has 0 saturated heterocycles. The highest BCUT2D eigenvalue weighted by molar-refractivity contribution is 6.07. The summed E-state index contributed by atoms with van der Waals surface area (Å²) >= 11 is 0. The van der Waals surface area contributed by atoms with E-state index in [0.29, 0.717) is 47.1 Å². The number of aromatic amines is 1. The second-order valence-electron chi connectivity index (χ2n) is 9.62. The Morgan fingerprint density at radius 2 is 1.88 bits per heavy atom. The van der Waals surface area contributed by atoms with Crippen LogP contribution in [-0.4, -0.2) is 26.3 Å². The van der Waals surface area contributed by atoms with E-state index in [4.69, 9.17) is 10.8 Å². The molecule has 3 aromatic rings. The van der Waals surface area contributed by atoms with Gasteiger partial charge in [-0.05, 0) is 85.6 Å². The Morgan fingerprint density at radius 3 is 2.64 bits per heavy atom. The average molecular weight is 443 g/mol. The zero-order valence-corrected chi connectivity index (χ0v) is 18.3. The smallest absolute Gasteiger partial charge is 0.291 e. The first-order chi connectivity index (χ1) is 16.0. The minimum atomic E-state index is -0.564. The Morgan fingerprint density at radius 1 is 1.09 bits per heavy atom. The third-order valence-electron chi connectivity index (χ3n) is 7.00. The second kappa shape index (κ2) is 7.50. The molecule has 0 spiro atoms. The molecule has 2 aliphatic carbocycles. The fourth-order valence-electron chi connectivity index (χ4n) is 4.82. The van der Waals surface area contributed by atoms with Gasteiger partial charge in [0.1, 0.15) is 11.7 Å². The zero-order chi connectivity index (χ0) is 22.7. The summed E-state index contributed by atoms with van der Waals surface area (Å²) in [6.07, 6.45) is 9.37. The van der Waals surface area contributed by atoms with Crippen molar-refractivity contribution in [1.82, 2.24) is 14.5 Å². The van der Waals surface area contributed by atoms with Gasteiger partial charge in [0.25, 0.3) is 11.5 Å². The molecular formula is C25H26N6O2. The number of hydrogen-bond acceptors (Lipinski definition) is 5. The first kappa shape index (κ1) is 20.1. The number of aromatic nitrogens is 3. The van der Waals surface area contributed by atoms with E-state index in [1.54, 1.807) is 6.07 Å². The largest absolute Gasteiger partial charge is 0.317 e. The molecule has 0 bridgehead atoms. The number of hydrogen-bond donors (Lipinski definition) is 4. The van der Waals surface area contributed by atoms with Crippen LogP contribution in [0.1, 0.15) is 71.5 Å². The Bertz CT molecular complexity index is 1440. The van der Waals surface area contributed by atoms with Gasteiger partial charge in [-0.15, -0.1) is 0 Å². The van der Waals surface area contributed by atoms with Gasteiger partial charge < -0.3 is 10.3 Å². The van der Waals surface area contributed by atoms with Gasteiger partial charge in [0.15, 0.2) is 5.49 Å². The molecule has 168 valence electrons. The molecule has 3 aliphatic rings. The summed E-state index contributed by atoms with van der Waals surface area (Å²) in [5, 5.41) is 19.8. The van der Waals surface area contributed by atoms with Crippen molar-refractivity contribution in [2.24, 2.45) is 5.92 Å². The van der Waals surface area contributed by atoms with Gasteiger partial charge in [-0.2, -0.15) is 0 Å². The maximum atomic E-state index is 13.2. The molecular weight excluding hydrogens is 416 g/mol. The van der Waals surface area contributed by atoms with Gasteiger partial charge in [0.05, 0.1) is 11.0 Å². The molecule has 8 heteroatoms. The van der Waals surface area contributed by atoms with Crippen molar-refractivity contribution in [3.63, 3.8) is 0 Å². The first-order valence-corrected chi connectivity index (χ1v) is 11.7. The third-order valence-corrected chi connectivity index (χ3v) is 7.00. The van der Waals surface area contributed by atoms with Crippen molar-refractivity contribution in [3.8, 4) is 0 Å². The standard InChI is InChI=1S/C25H26N6O2/c26-21(8-13-4-5-13)31-20-10-15-2-1-3-16-9-17(14-6-7-14)12-28-23(16)30-24(32)18(15)11-19(20)29-25(33)22(31)27/h9-14,26-27H,1-8H2,(H,29,33)(H,28,30,32). The number of carbonyl (C=O) groups is 1. The van der Waals surface area contributed by atoms with Crippen LogP contribution in [0.5, 0.6) is 0 Å². The lowest BCUT2D eigenvalue weighted by atomic mass is 9.99. The number of benzene rings is 1. The van der Waals surface area contributed by atoms with Crippen LogP contribution in [-0.2, 0) is 12.8 Å². The topological polar surface area (TPSA) is 127 Å². The van der Waals surface area contributed by atoms with Crippen molar-refractivity contribution >= 4 is 28.6 Å². The number of nitrogens with one attached hydrogen (secondary N) is 4. The minimum Gasteiger partial charge on any atom is -0.317 e. The highest BCUT2D eigenvalue weighted by Gasteiger charge is 2.27. The van der Waals surface area contributed by atoms with Crippen LogP contribution >= 0.6 is 0 Å². The molecule has 8 nitrogen and oxygen atoms in total. The lowest BCUT2D eigenvalue weighted by Gasteiger charge is -2.15. The molecule has 3 heterocycles. The Labute approximate surface area is 190 Å². The van der Waals surface area contributed by atoms with Gasteiger partial charge in [-0.25, -0.2) is 4.98 Å². The molecule has 0 radical (unpaired) electrons. The number of carbonyl (C=O) groups excluding carboxylic acids is 1. The van der Waals surface area contributed by atoms with Gasteiger partial charge in [0, 0.05) is 18.2 Å². The predicted molar refractivity (Wildman–Crippen MR) is 125 cm³/mol. The van der Waals surface area contributed by atoms with E-state index >= 15 is 0 Å². The average Bonchev–Trinajstić information content (AvgIpc) is 3.70. The Balaban J connectivity index is 1.44. The number of anilines is 1. The molecule has 2 aromatic heterocycles. The van der Waals surface area contributed by atoms with Gasteiger partial charge in [0.2, 0.25) is 0 Å². The molecule has 1 aliphatic heterocycles. The molecule has 1 amide bonds. The highest BCUT2D eigenvalue weighted by Crippen LogP contribution is 2.41. The van der Waals surface area contributed by atoms with Crippen molar-refractivity contribution in [3.05, 3.63) is 62.5 Å². The maximum Gasteiger partial charge on any atom is 0.291 e. The summed E-state index contributed by atoms with van der Waals surface area (Å²) < 4.78 is 1.44. The highest BCUT2D eigenvalue weighted by atomic mass is 16.1. The molecule has 6 rings (SSSR count). The predicted octanol–water partition coefficient (Wildman–Crippen LogP) is 3.45. The molecule has 1 aromatic carbocycles. The number of pyridine rings is 1. The van der Waals surface area contributed by atoms with E-state index in [-0.39, 0.29) is 17.2 Å². The molecule has 0 atom stereocenters. The van der Waals surface area contributed by atoms with E-state index in [9.17, 15) is 9.59 Å². The molecule has 2 fully saturated rings. The lowest BCUT2D eigenvalue weighted by Crippen LogP contribution is -2.40. The van der Waals surface area contributed by atoms with Crippen molar-refractivity contribution in [1.29, 1.82) is 10.8 Å². The molecule has 4 N–H and O–H groups in total. The van der Waals surface area contributed by atoms with Gasteiger partial charge in [-0.1, -0.05) is 6.07 Å². The van der Waals surface area contributed by atoms with Crippen LogP contribution in [0.25, 0.3) is 11.0 Å². The van der Waals surface area contributed by atoms with Crippen LogP contribution in [0.3, 0.4) is 0 Å².